The van der Waals surface area contributed by atoms with Crippen LogP contribution >= 0.6 is 0 Å². The lowest BCUT2D eigenvalue weighted by molar-refractivity contribution is 0.233. The maximum Gasteiger partial charge on any atom is 0.148 e. The van der Waals surface area contributed by atoms with E-state index in [4.69, 9.17) is 9.73 Å². The Hall–Kier alpha value is -1.39. The second kappa shape index (κ2) is 8.13. The van der Waals surface area contributed by atoms with Gasteiger partial charge < -0.3 is 15.2 Å². The highest BCUT2D eigenvalue weighted by Gasteiger charge is 2.29. The SMILES string of the molecule is C\C=C(/N=C1/C=C(C(C)(C)C)O/C1=C/C)C1CCCCC(CO)N1. The zero-order valence-electron chi connectivity index (χ0n) is 15.7. The molecule has 2 N–H and O–H groups in total. The van der Waals surface area contributed by atoms with Gasteiger partial charge in [-0.1, -0.05) is 39.7 Å². The van der Waals surface area contributed by atoms with Crippen molar-refractivity contribution < 1.29 is 9.84 Å². The van der Waals surface area contributed by atoms with E-state index >= 15 is 0 Å². The quantitative estimate of drug-likeness (QED) is 0.818. The topological polar surface area (TPSA) is 53.9 Å². The van der Waals surface area contributed by atoms with Crippen LogP contribution < -0.4 is 5.32 Å². The van der Waals surface area contributed by atoms with Crippen LogP contribution in [0.1, 0.15) is 60.3 Å². The van der Waals surface area contributed by atoms with Gasteiger partial charge in [0.1, 0.15) is 17.2 Å². The largest absolute Gasteiger partial charge is 0.459 e. The van der Waals surface area contributed by atoms with Crippen LogP contribution in [0.25, 0.3) is 0 Å². The summed E-state index contributed by atoms with van der Waals surface area (Å²) in [6.07, 6.45) is 10.5. The third-order valence-electron chi connectivity index (χ3n) is 4.60. The van der Waals surface area contributed by atoms with Crippen molar-refractivity contribution in [3.63, 3.8) is 0 Å². The Labute approximate surface area is 146 Å². The van der Waals surface area contributed by atoms with Gasteiger partial charge in [-0.15, -0.1) is 0 Å². The minimum absolute atomic E-state index is 0.0375. The minimum atomic E-state index is -0.0375. The lowest BCUT2D eigenvalue weighted by Gasteiger charge is -2.21. The molecule has 24 heavy (non-hydrogen) atoms. The van der Waals surface area contributed by atoms with Gasteiger partial charge in [0.25, 0.3) is 0 Å². The van der Waals surface area contributed by atoms with E-state index in [1.807, 2.05) is 19.9 Å². The van der Waals surface area contributed by atoms with Gasteiger partial charge in [-0.3, -0.25) is 0 Å². The smallest absolute Gasteiger partial charge is 0.148 e. The van der Waals surface area contributed by atoms with Crippen molar-refractivity contribution in [2.75, 3.05) is 6.61 Å². The van der Waals surface area contributed by atoms with Gasteiger partial charge in [0.15, 0.2) is 0 Å². The first-order chi connectivity index (χ1) is 11.4. The monoisotopic (exact) mass is 332 g/mol. The summed E-state index contributed by atoms with van der Waals surface area (Å²) in [6.45, 7) is 10.6. The van der Waals surface area contributed by atoms with Gasteiger partial charge in [-0.2, -0.15) is 0 Å². The molecule has 0 aromatic heterocycles. The zero-order chi connectivity index (χ0) is 17.7. The van der Waals surface area contributed by atoms with Crippen molar-refractivity contribution in [2.45, 2.75) is 72.4 Å². The van der Waals surface area contributed by atoms with Crippen LogP contribution in [0, 0.1) is 5.41 Å². The fourth-order valence-corrected chi connectivity index (χ4v) is 3.11. The predicted octanol–water partition coefficient (Wildman–Crippen LogP) is 4.09. The molecule has 0 aromatic carbocycles. The molecule has 1 saturated heterocycles. The van der Waals surface area contributed by atoms with E-state index in [0.717, 1.165) is 48.6 Å². The third-order valence-corrected chi connectivity index (χ3v) is 4.60. The summed E-state index contributed by atoms with van der Waals surface area (Å²) in [5.74, 6) is 1.78. The Morgan fingerprint density at radius 1 is 1.33 bits per heavy atom. The van der Waals surface area contributed by atoms with E-state index in [1.54, 1.807) is 0 Å². The van der Waals surface area contributed by atoms with Crippen molar-refractivity contribution >= 4 is 5.71 Å². The van der Waals surface area contributed by atoms with Gasteiger partial charge in [-0.25, -0.2) is 4.99 Å². The molecule has 2 heterocycles. The summed E-state index contributed by atoms with van der Waals surface area (Å²) in [7, 11) is 0. The number of allylic oxidation sites excluding steroid dienone is 4. The van der Waals surface area contributed by atoms with E-state index in [-0.39, 0.29) is 24.1 Å². The number of aliphatic hydroxyl groups excluding tert-OH is 1. The third kappa shape index (κ3) is 4.58. The Morgan fingerprint density at radius 3 is 2.62 bits per heavy atom. The summed E-state index contributed by atoms with van der Waals surface area (Å²) >= 11 is 0. The highest BCUT2D eigenvalue weighted by molar-refractivity contribution is 6.09. The van der Waals surface area contributed by atoms with Gasteiger partial charge in [0.2, 0.25) is 0 Å². The molecule has 1 fully saturated rings. The number of aliphatic hydroxyl groups is 1. The summed E-state index contributed by atoms with van der Waals surface area (Å²) in [5, 5.41) is 13.1. The van der Waals surface area contributed by atoms with E-state index in [2.05, 4.69) is 38.2 Å². The second-order valence-corrected chi connectivity index (χ2v) is 7.61. The molecule has 0 aromatic rings. The number of hydrogen-bond acceptors (Lipinski definition) is 4. The fraction of sp³-hybridized carbons (Fsp3) is 0.650. The van der Waals surface area contributed by atoms with E-state index in [1.165, 1.54) is 0 Å². The molecule has 0 saturated carbocycles. The molecule has 0 spiro atoms. The normalized spacial score (nSPS) is 29.6. The molecular weight excluding hydrogens is 300 g/mol. The highest BCUT2D eigenvalue weighted by Crippen LogP contribution is 2.34. The van der Waals surface area contributed by atoms with E-state index < -0.39 is 0 Å². The maximum atomic E-state index is 9.52. The van der Waals surface area contributed by atoms with Crippen molar-refractivity contribution in [3.05, 3.63) is 35.4 Å². The van der Waals surface area contributed by atoms with E-state index in [0.29, 0.717) is 0 Å². The summed E-state index contributed by atoms with van der Waals surface area (Å²) in [5.41, 5.74) is 1.88. The summed E-state index contributed by atoms with van der Waals surface area (Å²) in [4.78, 5) is 4.91. The van der Waals surface area contributed by atoms with Gasteiger partial charge >= 0.3 is 0 Å². The highest BCUT2D eigenvalue weighted by atomic mass is 16.5. The Bertz CT molecular complexity index is 565. The number of nitrogens with one attached hydrogen (secondary N) is 1. The molecule has 2 aliphatic rings. The van der Waals surface area contributed by atoms with Gasteiger partial charge in [-0.05, 0) is 32.8 Å². The zero-order valence-corrected chi connectivity index (χ0v) is 15.7. The molecule has 2 rings (SSSR count). The van der Waals surface area contributed by atoms with Gasteiger partial charge in [0.05, 0.1) is 12.3 Å². The second-order valence-electron chi connectivity index (χ2n) is 7.61. The van der Waals surface area contributed by atoms with Crippen LogP contribution in [0.15, 0.2) is 40.4 Å². The average Bonchev–Trinajstić information content (AvgIpc) is 2.82. The van der Waals surface area contributed by atoms with Crippen LogP contribution in [0.4, 0.5) is 0 Å². The molecule has 2 aliphatic heterocycles. The van der Waals surface area contributed by atoms with Crippen LogP contribution in [0.2, 0.25) is 0 Å². The Morgan fingerprint density at radius 2 is 2.04 bits per heavy atom. The molecule has 0 bridgehead atoms. The number of nitrogens with zero attached hydrogens (tertiary/aromatic N) is 1. The van der Waals surface area contributed by atoms with Crippen molar-refractivity contribution in [1.82, 2.24) is 5.32 Å². The van der Waals surface area contributed by atoms with Gasteiger partial charge in [0, 0.05) is 23.6 Å². The number of aliphatic imine (C=N–C) groups is 1. The predicted molar refractivity (Wildman–Crippen MR) is 99.8 cm³/mol. The molecule has 0 radical (unpaired) electrons. The number of hydrogen-bond donors (Lipinski definition) is 2. The first-order valence-corrected chi connectivity index (χ1v) is 9.07. The Kier molecular flexibility index (Phi) is 6.41. The lowest BCUT2D eigenvalue weighted by Crippen LogP contribution is -2.39. The van der Waals surface area contributed by atoms with E-state index in [9.17, 15) is 5.11 Å². The average molecular weight is 332 g/mol. The molecular formula is C20H32N2O2. The fourth-order valence-electron chi connectivity index (χ4n) is 3.11. The minimum Gasteiger partial charge on any atom is -0.459 e. The van der Waals surface area contributed by atoms with Crippen molar-refractivity contribution in [2.24, 2.45) is 10.4 Å². The van der Waals surface area contributed by atoms with Crippen LogP contribution in [0.3, 0.4) is 0 Å². The molecule has 0 amide bonds. The molecule has 2 atom stereocenters. The maximum absolute atomic E-state index is 9.52. The lowest BCUT2D eigenvalue weighted by atomic mass is 9.94. The van der Waals surface area contributed by atoms with Crippen LogP contribution in [-0.4, -0.2) is 29.5 Å². The van der Waals surface area contributed by atoms with Crippen LogP contribution in [-0.2, 0) is 4.74 Å². The summed E-state index contributed by atoms with van der Waals surface area (Å²) < 4.78 is 5.99. The summed E-state index contributed by atoms with van der Waals surface area (Å²) in [6, 6.07) is 0.349. The first-order valence-electron chi connectivity index (χ1n) is 9.07. The number of ether oxygens (including phenoxy) is 1. The Balaban J connectivity index is 2.27. The molecule has 4 heteroatoms. The first kappa shape index (κ1) is 18.9. The van der Waals surface area contributed by atoms with Crippen molar-refractivity contribution in [1.29, 1.82) is 0 Å². The molecule has 2 unspecified atom stereocenters. The molecule has 4 nitrogen and oxygen atoms in total. The van der Waals surface area contributed by atoms with Crippen LogP contribution in [0.5, 0.6) is 0 Å². The van der Waals surface area contributed by atoms with Crippen molar-refractivity contribution in [3.8, 4) is 0 Å². The molecule has 0 aliphatic carbocycles. The number of rotatable bonds is 3. The molecule has 134 valence electrons. The standard InChI is InChI=1S/C20H32N2O2/c1-6-15(16-11-9-8-10-14(13-23)21-16)22-17-12-19(20(3,4)5)24-18(17)7-2/h6-7,12,14,16,21,23H,8-11,13H2,1-5H3/b15-6-,18-7+,22-17-.